The Morgan fingerprint density at radius 2 is 1.62 bits per heavy atom. The minimum atomic E-state index is -0.998. The third-order valence-corrected chi connectivity index (χ3v) is 3.46. The Morgan fingerprint density at radius 3 is 2.23 bits per heavy atom. The lowest BCUT2D eigenvalue weighted by Crippen LogP contribution is -2.30. The Hall–Kier alpha value is -3.35. The number of hydrogen-bond donors (Lipinski definition) is 2. The maximum Gasteiger partial charge on any atom is 0.338 e. The van der Waals surface area contributed by atoms with Crippen molar-refractivity contribution >= 4 is 29.2 Å². The highest BCUT2D eigenvalue weighted by atomic mass is 16.5. The number of nitrogens with one attached hydrogen (secondary N) is 2. The normalized spacial score (nSPS) is 11.2. The smallest absolute Gasteiger partial charge is 0.338 e. The van der Waals surface area contributed by atoms with Gasteiger partial charge in [-0.1, -0.05) is 12.1 Å². The van der Waals surface area contributed by atoms with Gasteiger partial charge in [0.1, 0.15) is 5.75 Å². The number of para-hydroxylation sites is 2. The molecule has 0 aliphatic heterocycles. The summed E-state index contributed by atoms with van der Waals surface area (Å²) in [4.78, 5) is 35.4. The first-order valence-corrected chi connectivity index (χ1v) is 7.93. The van der Waals surface area contributed by atoms with E-state index < -0.39 is 18.0 Å². The van der Waals surface area contributed by atoms with Crippen LogP contribution in [-0.2, 0) is 14.3 Å². The summed E-state index contributed by atoms with van der Waals surface area (Å²) in [7, 11) is 1.50. The lowest BCUT2D eigenvalue weighted by atomic mass is 10.2. The van der Waals surface area contributed by atoms with Gasteiger partial charge < -0.3 is 20.1 Å². The average molecular weight is 356 g/mol. The molecule has 7 heteroatoms. The first-order chi connectivity index (χ1) is 12.4. The number of ether oxygens (including phenoxy) is 2. The number of benzene rings is 2. The summed E-state index contributed by atoms with van der Waals surface area (Å²) in [5, 5.41) is 5.26. The first-order valence-electron chi connectivity index (χ1n) is 7.93. The molecular weight excluding hydrogens is 336 g/mol. The molecule has 1 atom stereocenters. The molecule has 0 aliphatic carbocycles. The predicted octanol–water partition coefficient (Wildman–Crippen LogP) is 2.84. The van der Waals surface area contributed by atoms with Crippen molar-refractivity contribution in [2.24, 2.45) is 0 Å². The van der Waals surface area contributed by atoms with Gasteiger partial charge in [-0.15, -0.1) is 0 Å². The van der Waals surface area contributed by atoms with E-state index in [-0.39, 0.29) is 11.5 Å². The summed E-state index contributed by atoms with van der Waals surface area (Å²) in [6.45, 7) is 2.87. The topological polar surface area (TPSA) is 93.7 Å². The van der Waals surface area contributed by atoms with Crippen LogP contribution in [0.3, 0.4) is 0 Å². The zero-order chi connectivity index (χ0) is 19.1. The molecule has 0 aromatic heterocycles. The Balaban J connectivity index is 1.97. The summed E-state index contributed by atoms with van der Waals surface area (Å²) >= 11 is 0. The number of rotatable bonds is 6. The van der Waals surface area contributed by atoms with Crippen LogP contribution in [0, 0.1) is 0 Å². The van der Waals surface area contributed by atoms with Crippen LogP contribution in [0.2, 0.25) is 0 Å². The summed E-state index contributed by atoms with van der Waals surface area (Å²) < 4.78 is 10.3. The zero-order valence-corrected chi connectivity index (χ0v) is 14.7. The van der Waals surface area contributed by atoms with Crippen molar-refractivity contribution in [1.82, 2.24) is 0 Å². The van der Waals surface area contributed by atoms with Gasteiger partial charge in [0.05, 0.1) is 18.4 Å². The summed E-state index contributed by atoms with van der Waals surface area (Å²) in [5.74, 6) is -0.810. The summed E-state index contributed by atoms with van der Waals surface area (Å²) in [5.41, 5.74) is 1.33. The lowest BCUT2D eigenvalue weighted by molar-refractivity contribution is -0.123. The fourth-order valence-electron chi connectivity index (χ4n) is 2.16. The van der Waals surface area contributed by atoms with Crippen molar-refractivity contribution in [1.29, 1.82) is 0 Å². The van der Waals surface area contributed by atoms with E-state index in [1.165, 1.54) is 33.1 Å². The Morgan fingerprint density at radius 1 is 0.962 bits per heavy atom. The van der Waals surface area contributed by atoms with E-state index in [9.17, 15) is 14.4 Å². The van der Waals surface area contributed by atoms with E-state index in [1.54, 1.807) is 36.4 Å². The van der Waals surface area contributed by atoms with E-state index in [1.807, 2.05) is 0 Å². The second kappa shape index (κ2) is 8.66. The second-order valence-electron chi connectivity index (χ2n) is 5.50. The number of amides is 2. The molecule has 0 unspecified atom stereocenters. The molecule has 0 bridgehead atoms. The van der Waals surface area contributed by atoms with Gasteiger partial charge in [0, 0.05) is 12.6 Å². The van der Waals surface area contributed by atoms with Gasteiger partial charge in [-0.3, -0.25) is 9.59 Å². The summed E-state index contributed by atoms with van der Waals surface area (Å²) in [6, 6.07) is 13.1. The van der Waals surface area contributed by atoms with Crippen LogP contribution in [0.5, 0.6) is 5.75 Å². The molecule has 26 heavy (non-hydrogen) atoms. The highest BCUT2D eigenvalue weighted by Crippen LogP contribution is 2.23. The largest absolute Gasteiger partial charge is 0.495 e. The van der Waals surface area contributed by atoms with E-state index >= 15 is 0 Å². The van der Waals surface area contributed by atoms with E-state index in [0.29, 0.717) is 17.1 Å². The Bertz CT molecular complexity index is 802. The SMILES string of the molecule is COc1ccccc1NC(=O)[C@@H](C)OC(=O)c1ccc(NC(C)=O)cc1. The van der Waals surface area contributed by atoms with Crippen molar-refractivity contribution in [2.75, 3.05) is 17.7 Å². The maximum atomic E-state index is 12.2. The van der Waals surface area contributed by atoms with Crippen LogP contribution in [-0.4, -0.2) is 31.0 Å². The molecule has 0 fully saturated rings. The van der Waals surface area contributed by atoms with Crippen molar-refractivity contribution in [3.05, 3.63) is 54.1 Å². The molecule has 2 aromatic rings. The highest BCUT2D eigenvalue weighted by molar-refractivity contribution is 5.98. The van der Waals surface area contributed by atoms with Crippen LogP contribution < -0.4 is 15.4 Å². The first kappa shape index (κ1) is 19.0. The van der Waals surface area contributed by atoms with Crippen LogP contribution in [0.4, 0.5) is 11.4 Å². The van der Waals surface area contributed by atoms with Gasteiger partial charge in [-0.05, 0) is 43.3 Å². The Labute approximate surface area is 151 Å². The van der Waals surface area contributed by atoms with Gasteiger partial charge in [-0.2, -0.15) is 0 Å². The predicted molar refractivity (Wildman–Crippen MR) is 97.2 cm³/mol. The molecule has 0 aliphatic rings. The van der Waals surface area contributed by atoms with Gasteiger partial charge in [-0.25, -0.2) is 4.79 Å². The van der Waals surface area contributed by atoms with Crippen LogP contribution in [0.15, 0.2) is 48.5 Å². The number of carbonyl (C=O) groups is 3. The highest BCUT2D eigenvalue weighted by Gasteiger charge is 2.20. The third-order valence-electron chi connectivity index (χ3n) is 3.46. The fraction of sp³-hybridized carbons (Fsp3) is 0.211. The number of anilines is 2. The number of esters is 1. The average Bonchev–Trinajstić information content (AvgIpc) is 2.62. The zero-order valence-electron chi connectivity index (χ0n) is 14.7. The van der Waals surface area contributed by atoms with Crippen molar-refractivity contribution in [2.45, 2.75) is 20.0 Å². The molecule has 2 amide bonds. The molecule has 7 nitrogen and oxygen atoms in total. The molecule has 0 heterocycles. The third kappa shape index (κ3) is 5.07. The molecule has 136 valence electrons. The molecular formula is C19H20N2O5. The standard InChI is InChI=1S/C19H20N2O5/c1-12(18(23)21-16-6-4-5-7-17(16)25-3)26-19(24)14-8-10-15(11-9-14)20-13(2)22/h4-12H,1-3H3,(H,20,22)(H,21,23)/t12-/m1/s1. The molecule has 2 rings (SSSR count). The molecule has 0 saturated carbocycles. The van der Waals surface area contributed by atoms with Crippen LogP contribution in [0.25, 0.3) is 0 Å². The monoisotopic (exact) mass is 356 g/mol. The van der Waals surface area contributed by atoms with Crippen LogP contribution in [0.1, 0.15) is 24.2 Å². The van der Waals surface area contributed by atoms with Gasteiger partial charge in [0.2, 0.25) is 5.91 Å². The fourth-order valence-corrected chi connectivity index (χ4v) is 2.16. The molecule has 0 spiro atoms. The number of hydrogen-bond acceptors (Lipinski definition) is 5. The molecule has 2 N–H and O–H groups in total. The molecule has 0 radical (unpaired) electrons. The van der Waals surface area contributed by atoms with Gasteiger partial charge in [0.15, 0.2) is 6.10 Å². The second-order valence-corrected chi connectivity index (χ2v) is 5.50. The lowest BCUT2D eigenvalue weighted by Gasteiger charge is -2.15. The number of methoxy groups -OCH3 is 1. The minimum absolute atomic E-state index is 0.207. The molecule has 2 aromatic carbocycles. The van der Waals surface area contributed by atoms with Crippen LogP contribution >= 0.6 is 0 Å². The quantitative estimate of drug-likeness (QED) is 0.776. The number of carbonyl (C=O) groups excluding carboxylic acids is 3. The van der Waals surface area contributed by atoms with E-state index in [0.717, 1.165) is 0 Å². The van der Waals surface area contributed by atoms with Crippen molar-refractivity contribution in [3.63, 3.8) is 0 Å². The maximum absolute atomic E-state index is 12.2. The minimum Gasteiger partial charge on any atom is -0.495 e. The van der Waals surface area contributed by atoms with Gasteiger partial charge in [0.25, 0.3) is 5.91 Å². The van der Waals surface area contributed by atoms with Crippen molar-refractivity contribution in [3.8, 4) is 5.75 Å². The van der Waals surface area contributed by atoms with E-state index in [2.05, 4.69) is 10.6 Å². The molecule has 0 saturated heterocycles. The van der Waals surface area contributed by atoms with Gasteiger partial charge >= 0.3 is 5.97 Å². The Kier molecular flexibility index (Phi) is 6.32. The van der Waals surface area contributed by atoms with Crippen molar-refractivity contribution < 1.29 is 23.9 Å². The van der Waals surface area contributed by atoms with E-state index in [4.69, 9.17) is 9.47 Å². The summed E-state index contributed by atoms with van der Waals surface area (Å²) in [6.07, 6.45) is -0.998.